The Kier molecular flexibility index (Phi) is 7.63. The second-order valence-corrected chi connectivity index (χ2v) is 5.01. The van der Waals surface area contributed by atoms with E-state index >= 15 is 0 Å². The largest absolute Gasteiger partial charge is 0.469 e. The van der Waals surface area contributed by atoms with Crippen LogP contribution in [0.1, 0.15) is 61.4 Å². The normalized spacial score (nSPS) is 10.3. The van der Waals surface area contributed by atoms with E-state index in [1.807, 2.05) is 24.3 Å². The second kappa shape index (κ2) is 9.29. The summed E-state index contributed by atoms with van der Waals surface area (Å²) in [6.45, 7) is 2.17. The molecule has 0 saturated heterocycles. The molecule has 0 aromatic heterocycles. The van der Waals surface area contributed by atoms with Gasteiger partial charge in [0.05, 0.1) is 7.11 Å². The lowest BCUT2D eigenvalue weighted by molar-refractivity contribution is -0.140. The summed E-state index contributed by atoms with van der Waals surface area (Å²) in [6.07, 6.45) is 5.75. The zero-order valence-electron chi connectivity index (χ0n) is 12.5. The fourth-order valence-electron chi connectivity index (χ4n) is 2.04. The Morgan fingerprint density at radius 3 is 2.25 bits per heavy atom. The molecule has 3 heteroatoms. The summed E-state index contributed by atoms with van der Waals surface area (Å²) < 4.78 is 4.56. The summed E-state index contributed by atoms with van der Waals surface area (Å²) in [5.74, 6) is -0.0605. The highest BCUT2D eigenvalue weighted by Crippen LogP contribution is 2.12. The lowest BCUT2D eigenvalue weighted by atomic mass is 10.0. The molecule has 110 valence electrons. The van der Waals surface area contributed by atoms with Crippen molar-refractivity contribution >= 4 is 11.8 Å². The number of methoxy groups -OCH3 is 1. The third kappa shape index (κ3) is 6.00. The first-order valence-electron chi connectivity index (χ1n) is 7.36. The van der Waals surface area contributed by atoms with Gasteiger partial charge in [-0.3, -0.25) is 9.59 Å². The van der Waals surface area contributed by atoms with Gasteiger partial charge in [0.25, 0.3) is 0 Å². The fraction of sp³-hybridized carbons (Fsp3) is 0.529. The van der Waals surface area contributed by atoms with Crippen molar-refractivity contribution in [2.24, 2.45) is 0 Å². The Morgan fingerprint density at radius 1 is 1.00 bits per heavy atom. The van der Waals surface area contributed by atoms with Crippen LogP contribution in [0.15, 0.2) is 24.3 Å². The maximum Gasteiger partial charge on any atom is 0.305 e. The molecule has 0 aliphatic heterocycles. The highest BCUT2D eigenvalue weighted by molar-refractivity contribution is 5.96. The first-order valence-corrected chi connectivity index (χ1v) is 7.36. The van der Waals surface area contributed by atoms with Gasteiger partial charge in [0.2, 0.25) is 0 Å². The van der Waals surface area contributed by atoms with Crippen molar-refractivity contribution in [1.82, 2.24) is 0 Å². The summed E-state index contributed by atoms with van der Waals surface area (Å²) >= 11 is 0. The van der Waals surface area contributed by atoms with Gasteiger partial charge in [0, 0.05) is 18.4 Å². The van der Waals surface area contributed by atoms with Crippen LogP contribution in [0.3, 0.4) is 0 Å². The molecule has 1 rings (SSSR count). The average molecular weight is 276 g/mol. The minimum atomic E-state index is -0.210. The van der Waals surface area contributed by atoms with Crippen LogP contribution >= 0.6 is 0 Å². The van der Waals surface area contributed by atoms with Gasteiger partial charge in [-0.05, 0) is 31.2 Å². The third-order valence-electron chi connectivity index (χ3n) is 3.36. The minimum Gasteiger partial charge on any atom is -0.469 e. The van der Waals surface area contributed by atoms with E-state index in [0.29, 0.717) is 19.3 Å². The summed E-state index contributed by atoms with van der Waals surface area (Å²) in [5.41, 5.74) is 2.05. The van der Waals surface area contributed by atoms with Gasteiger partial charge in [-0.15, -0.1) is 0 Å². The first kappa shape index (κ1) is 16.4. The molecule has 0 spiro atoms. The van der Waals surface area contributed by atoms with E-state index in [4.69, 9.17) is 0 Å². The van der Waals surface area contributed by atoms with Crippen LogP contribution in [0.4, 0.5) is 0 Å². The van der Waals surface area contributed by atoms with Crippen LogP contribution in [0, 0.1) is 0 Å². The number of ether oxygens (including phenoxy) is 1. The Hall–Kier alpha value is -1.64. The molecule has 0 amide bonds. The van der Waals surface area contributed by atoms with Crippen molar-refractivity contribution < 1.29 is 14.3 Å². The molecule has 0 aliphatic carbocycles. The summed E-state index contributed by atoms with van der Waals surface area (Å²) in [5, 5.41) is 0. The average Bonchev–Trinajstić information content (AvgIpc) is 2.49. The molecule has 0 bridgehead atoms. The zero-order valence-corrected chi connectivity index (χ0v) is 12.5. The molecule has 0 radical (unpaired) electrons. The lowest BCUT2D eigenvalue weighted by Crippen LogP contribution is -2.02. The number of carbonyl (C=O) groups excluding carboxylic acids is 2. The van der Waals surface area contributed by atoms with E-state index in [0.717, 1.165) is 18.4 Å². The molecule has 1 aromatic carbocycles. The Labute approximate surface area is 121 Å². The predicted molar refractivity (Wildman–Crippen MR) is 79.9 cm³/mol. The number of hydrogen-bond acceptors (Lipinski definition) is 3. The molecule has 20 heavy (non-hydrogen) atoms. The fourth-order valence-corrected chi connectivity index (χ4v) is 2.04. The molecular formula is C17H24O3. The van der Waals surface area contributed by atoms with Crippen molar-refractivity contribution in [3.05, 3.63) is 35.4 Å². The van der Waals surface area contributed by atoms with Crippen molar-refractivity contribution in [2.45, 2.75) is 51.9 Å². The standard InChI is InChI=1S/C17H24O3/c1-3-4-7-14-10-12-15(13-11-14)16(18)8-5-6-9-17(19)20-2/h10-13H,3-9H2,1-2H3. The Bertz CT molecular complexity index is 420. The first-order chi connectivity index (χ1) is 9.67. The van der Waals surface area contributed by atoms with E-state index in [9.17, 15) is 9.59 Å². The molecule has 0 N–H and O–H groups in total. The van der Waals surface area contributed by atoms with E-state index in [2.05, 4.69) is 11.7 Å². The highest BCUT2D eigenvalue weighted by atomic mass is 16.5. The van der Waals surface area contributed by atoms with Crippen LogP contribution in [-0.4, -0.2) is 18.9 Å². The zero-order chi connectivity index (χ0) is 14.8. The lowest BCUT2D eigenvalue weighted by Gasteiger charge is -2.04. The number of ketones is 1. The van der Waals surface area contributed by atoms with Gasteiger partial charge in [-0.1, -0.05) is 37.6 Å². The van der Waals surface area contributed by atoms with Gasteiger partial charge in [-0.2, -0.15) is 0 Å². The van der Waals surface area contributed by atoms with Crippen molar-refractivity contribution in [3.63, 3.8) is 0 Å². The number of carbonyl (C=O) groups is 2. The van der Waals surface area contributed by atoms with Gasteiger partial charge < -0.3 is 4.74 Å². The van der Waals surface area contributed by atoms with Gasteiger partial charge in [0.15, 0.2) is 5.78 Å². The van der Waals surface area contributed by atoms with Crippen molar-refractivity contribution in [3.8, 4) is 0 Å². The number of Topliss-reactive ketones (excluding diaryl/α,β-unsaturated/α-hetero) is 1. The Balaban J connectivity index is 2.34. The predicted octanol–water partition coefficient (Wildman–Crippen LogP) is 3.95. The monoisotopic (exact) mass is 276 g/mol. The van der Waals surface area contributed by atoms with E-state index < -0.39 is 0 Å². The van der Waals surface area contributed by atoms with Crippen molar-refractivity contribution in [2.75, 3.05) is 7.11 Å². The van der Waals surface area contributed by atoms with Gasteiger partial charge in [0.1, 0.15) is 0 Å². The van der Waals surface area contributed by atoms with Gasteiger partial charge >= 0.3 is 5.97 Å². The van der Waals surface area contributed by atoms with Crippen molar-refractivity contribution in [1.29, 1.82) is 0 Å². The number of unbranched alkanes of at least 4 members (excludes halogenated alkanes) is 2. The van der Waals surface area contributed by atoms with Crippen LogP contribution in [0.25, 0.3) is 0 Å². The summed E-state index contributed by atoms with van der Waals surface area (Å²) in [6, 6.07) is 7.90. The van der Waals surface area contributed by atoms with Crippen LogP contribution in [0.2, 0.25) is 0 Å². The van der Waals surface area contributed by atoms with Crippen LogP contribution < -0.4 is 0 Å². The molecule has 0 fully saturated rings. The summed E-state index contributed by atoms with van der Waals surface area (Å²) in [4.78, 5) is 22.9. The summed E-state index contributed by atoms with van der Waals surface area (Å²) in [7, 11) is 1.38. The smallest absolute Gasteiger partial charge is 0.305 e. The third-order valence-corrected chi connectivity index (χ3v) is 3.36. The molecule has 1 aromatic rings. The van der Waals surface area contributed by atoms with E-state index in [-0.39, 0.29) is 11.8 Å². The SMILES string of the molecule is CCCCc1ccc(C(=O)CCCCC(=O)OC)cc1. The topological polar surface area (TPSA) is 43.4 Å². The number of esters is 1. The number of rotatable bonds is 9. The number of hydrogen-bond donors (Lipinski definition) is 0. The quantitative estimate of drug-likeness (QED) is 0.390. The molecule has 3 nitrogen and oxygen atoms in total. The Morgan fingerprint density at radius 2 is 1.65 bits per heavy atom. The number of aryl methyl sites for hydroxylation is 1. The molecule has 0 aliphatic rings. The molecular weight excluding hydrogens is 252 g/mol. The molecule has 0 unspecified atom stereocenters. The molecule has 0 saturated carbocycles. The maximum atomic E-state index is 12.0. The van der Waals surface area contributed by atoms with Crippen LogP contribution in [-0.2, 0) is 16.0 Å². The minimum absolute atomic E-state index is 0.150. The highest BCUT2D eigenvalue weighted by Gasteiger charge is 2.07. The van der Waals surface area contributed by atoms with E-state index in [1.165, 1.54) is 25.5 Å². The number of benzene rings is 1. The maximum absolute atomic E-state index is 12.0. The van der Waals surface area contributed by atoms with Gasteiger partial charge in [-0.25, -0.2) is 0 Å². The molecule has 0 atom stereocenters. The van der Waals surface area contributed by atoms with Crippen LogP contribution in [0.5, 0.6) is 0 Å². The second-order valence-electron chi connectivity index (χ2n) is 5.01. The molecule has 0 heterocycles. The van der Waals surface area contributed by atoms with E-state index in [1.54, 1.807) is 0 Å².